The summed E-state index contributed by atoms with van der Waals surface area (Å²) in [5, 5.41) is 3.79. The molecule has 3 heteroatoms. The highest BCUT2D eigenvalue weighted by molar-refractivity contribution is 5.74. The molecular weight excluding hydrogens is 258 g/mol. The summed E-state index contributed by atoms with van der Waals surface area (Å²) < 4.78 is 2.33. The topological polar surface area (TPSA) is 29.9 Å². The van der Waals surface area contributed by atoms with Gasteiger partial charge in [0, 0.05) is 12.6 Å². The molecule has 3 nitrogen and oxygen atoms in total. The van der Waals surface area contributed by atoms with Crippen LogP contribution in [0.4, 0.5) is 0 Å². The van der Waals surface area contributed by atoms with E-state index in [0.717, 1.165) is 24.5 Å². The standard InChI is InChI=1S/C18H27N3/c1-2-12-19-17(15-8-4-3-5-9-15)13-21-14-20-16-10-6-7-11-18(16)21/h6-7,10-11,14-15,17,19H,2-5,8-9,12-13H2,1H3. The molecule has 1 heterocycles. The molecule has 21 heavy (non-hydrogen) atoms. The first-order valence-corrected chi connectivity index (χ1v) is 8.51. The number of fused-ring (bicyclic) bond motifs is 1. The van der Waals surface area contributed by atoms with Crippen LogP contribution in [0.2, 0.25) is 0 Å². The second-order valence-corrected chi connectivity index (χ2v) is 6.34. The molecule has 1 unspecified atom stereocenters. The van der Waals surface area contributed by atoms with Gasteiger partial charge in [-0.05, 0) is 43.9 Å². The van der Waals surface area contributed by atoms with Crippen LogP contribution in [0.5, 0.6) is 0 Å². The first-order chi connectivity index (χ1) is 10.4. The third-order valence-corrected chi connectivity index (χ3v) is 4.80. The van der Waals surface area contributed by atoms with E-state index in [9.17, 15) is 0 Å². The van der Waals surface area contributed by atoms with Gasteiger partial charge in [0.15, 0.2) is 0 Å². The number of imidazole rings is 1. The van der Waals surface area contributed by atoms with Crippen molar-refractivity contribution in [2.24, 2.45) is 5.92 Å². The van der Waals surface area contributed by atoms with Crippen LogP contribution >= 0.6 is 0 Å². The van der Waals surface area contributed by atoms with Crippen molar-refractivity contribution >= 4 is 11.0 Å². The third kappa shape index (κ3) is 3.46. The molecule has 1 saturated carbocycles. The van der Waals surface area contributed by atoms with Gasteiger partial charge >= 0.3 is 0 Å². The van der Waals surface area contributed by atoms with E-state index in [1.54, 1.807) is 0 Å². The molecule has 2 aromatic rings. The van der Waals surface area contributed by atoms with Crippen LogP contribution in [0.3, 0.4) is 0 Å². The molecule has 1 aliphatic carbocycles. The van der Waals surface area contributed by atoms with Gasteiger partial charge in [-0.25, -0.2) is 4.98 Å². The number of nitrogens with one attached hydrogen (secondary N) is 1. The van der Waals surface area contributed by atoms with Crippen LogP contribution in [0.1, 0.15) is 45.4 Å². The van der Waals surface area contributed by atoms with E-state index >= 15 is 0 Å². The lowest BCUT2D eigenvalue weighted by Gasteiger charge is -2.31. The Bertz CT molecular complexity index is 554. The predicted octanol–water partition coefficient (Wildman–Crippen LogP) is 3.98. The normalized spacial score (nSPS) is 18.1. The van der Waals surface area contributed by atoms with Gasteiger partial charge in [-0.3, -0.25) is 0 Å². The fourth-order valence-electron chi connectivity index (χ4n) is 3.61. The summed E-state index contributed by atoms with van der Waals surface area (Å²) in [5.74, 6) is 0.825. The lowest BCUT2D eigenvalue weighted by Crippen LogP contribution is -2.40. The number of hydrogen-bond acceptors (Lipinski definition) is 2. The van der Waals surface area contributed by atoms with Crippen molar-refractivity contribution in [1.29, 1.82) is 0 Å². The average Bonchev–Trinajstić information content (AvgIpc) is 2.95. The summed E-state index contributed by atoms with van der Waals surface area (Å²) in [4.78, 5) is 4.53. The molecule has 1 aromatic carbocycles. The zero-order valence-corrected chi connectivity index (χ0v) is 13.1. The number of para-hydroxylation sites is 2. The van der Waals surface area contributed by atoms with E-state index in [-0.39, 0.29) is 0 Å². The van der Waals surface area contributed by atoms with Gasteiger partial charge in [0.1, 0.15) is 0 Å². The van der Waals surface area contributed by atoms with Crippen LogP contribution in [0, 0.1) is 5.92 Å². The molecule has 0 spiro atoms. The van der Waals surface area contributed by atoms with Gasteiger partial charge in [0.2, 0.25) is 0 Å². The second-order valence-electron chi connectivity index (χ2n) is 6.34. The second kappa shape index (κ2) is 7.08. The maximum absolute atomic E-state index is 4.53. The highest BCUT2D eigenvalue weighted by atomic mass is 15.1. The zero-order chi connectivity index (χ0) is 14.5. The molecule has 1 N–H and O–H groups in total. The highest BCUT2D eigenvalue weighted by Crippen LogP contribution is 2.27. The van der Waals surface area contributed by atoms with Gasteiger partial charge in [0.25, 0.3) is 0 Å². The average molecular weight is 285 g/mol. The van der Waals surface area contributed by atoms with Crippen molar-refractivity contribution in [1.82, 2.24) is 14.9 Å². The molecule has 0 saturated heterocycles. The molecule has 3 rings (SSSR count). The van der Waals surface area contributed by atoms with Gasteiger partial charge < -0.3 is 9.88 Å². The minimum absolute atomic E-state index is 0.586. The maximum Gasteiger partial charge on any atom is 0.0958 e. The summed E-state index contributed by atoms with van der Waals surface area (Å²) in [5.41, 5.74) is 2.37. The van der Waals surface area contributed by atoms with Crippen LogP contribution in [-0.4, -0.2) is 22.1 Å². The Morgan fingerprint density at radius 1 is 1.24 bits per heavy atom. The number of benzene rings is 1. The molecule has 1 aliphatic rings. The molecule has 1 fully saturated rings. The highest BCUT2D eigenvalue weighted by Gasteiger charge is 2.23. The zero-order valence-electron chi connectivity index (χ0n) is 13.1. The molecule has 0 amide bonds. The Morgan fingerprint density at radius 3 is 2.86 bits per heavy atom. The Hall–Kier alpha value is -1.35. The van der Waals surface area contributed by atoms with Gasteiger partial charge in [-0.15, -0.1) is 0 Å². The van der Waals surface area contributed by atoms with E-state index in [2.05, 4.69) is 46.1 Å². The Balaban J connectivity index is 1.76. The first kappa shape index (κ1) is 14.6. The first-order valence-electron chi connectivity index (χ1n) is 8.51. The number of hydrogen-bond donors (Lipinski definition) is 1. The predicted molar refractivity (Wildman–Crippen MR) is 88.4 cm³/mol. The van der Waals surface area contributed by atoms with Crippen molar-refractivity contribution < 1.29 is 0 Å². The van der Waals surface area contributed by atoms with E-state index in [1.807, 2.05) is 6.33 Å². The van der Waals surface area contributed by atoms with Crippen LogP contribution in [0.15, 0.2) is 30.6 Å². The molecule has 1 aromatic heterocycles. The van der Waals surface area contributed by atoms with Crippen molar-refractivity contribution in [2.75, 3.05) is 6.54 Å². The number of rotatable bonds is 6. The van der Waals surface area contributed by atoms with Gasteiger partial charge in [0.05, 0.1) is 17.4 Å². The minimum Gasteiger partial charge on any atom is -0.329 e. The summed E-state index contributed by atoms with van der Waals surface area (Å²) in [6, 6.07) is 9.03. The largest absolute Gasteiger partial charge is 0.329 e. The molecular formula is C18H27N3. The molecule has 0 bridgehead atoms. The van der Waals surface area contributed by atoms with Crippen LogP contribution in [0.25, 0.3) is 11.0 Å². The number of nitrogens with zero attached hydrogens (tertiary/aromatic N) is 2. The van der Waals surface area contributed by atoms with Crippen molar-refractivity contribution in [3.63, 3.8) is 0 Å². The van der Waals surface area contributed by atoms with Gasteiger partial charge in [-0.1, -0.05) is 38.3 Å². The fourth-order valence-corrected chi connectivity index (χ4v) is 3.61. The summed E-state index contributed by atoms with van der Waals surface area (Å²) in [6.45, 7) is 4.41. The summed E-state index contributed by atoms with van der Waals surface area (Å²) in [6.07, 6.45) is 10.2. The van der Waals surface area contributed by atoms with Crippen molar-refractivity contribution in [3.05, 3.63) is 30.6 Å². The van der Waals surface area contributed by atoms with Crippen LogP contribution in [-0.2, 0) is 6.54 Å². The Labute approximate surface area is 127 Å². The summed E-state index contributed by atoms with van der Waals surface area (Å²) >= 11 is 0. The van der Waals surface area contributed by atoms with E-state index in [1.165, 1.54) is 44.0 Å². The fraction of sp³-hybridized carbons (Fsp3) is 0.611. The van der Waals surface area contributed by atoms with Crippen LogP contribution < -0.4 is 5.32 Å². The lowest BCUT2D eigenvalue weighted by molar-refractivity contribution is 0.249. The molecule has 0 radical (unpaired) electrons. The van der Waals surface area contributed by atoms with E-state index < -0.39 is 0 Å². The Morgan fingerprint density at radius 2 is 2.05 bits per heavy atom. The SMILES string of the molecule is CCCNC(Cn1cnc2ccccc21)C1CCCCC1. The smallest absolute Gasteiger partial charge is 0.0958 e. The van der Waals surface area contributed by atoms with Crippen molar-refractivity contribution in [3.8, 4) is 0 Å². The van der Waals surface area contributed by atoms with E-state index in [4.69, 9.17) is 0 Å². The lowest BCUT2D eigenvalue weighted by atomic mass is 9.83. The van der Waals surface area contributed by atoms with E-state index in [0.29, 0.717) is 6.04 Å². The monoisotopic (exact) mass is 285 g/mol. The quantitative estimate of drug-likeness (QED) is 0.870. The molecule has 114 valence electrons. The van der Waals surface area contributed by atoms with Crippen molar-refractivity contribution in [2.45, 2.75) is 58.0 Å². The Kier molecular flexibility index (Phi) is 4.91. The summed E-state index contributed by atoms with van der Waals surface area (Å²) in [7, 11) is 0. The number of aromatic nitrogens is 2. The van der Waals surface area contributed by atoms with Gasteiger partial charge in [-0.2, -0.15) is 0 Å². The molecule has 1 atom stereocenters. The minimum atomic E-state index is 0.586. The maximum atomic E-state index is 4.53. The molecule has 0 aliphatic heterocycles. The third-order valence-electron chi connectivity index (χ3n) is 4.80.